The molecule has 30 heteroatoms. The molecule has 6 aliphatic heterocycles. The first kappa shape index (κ1) is 104. The molecule has 0 saturated heterocycles. The Labute approximate surface area is 820 Å². The zero-order valence-corrected chi connectivity index (χ0v) is 90.6. The van der Waals surface area contributed by atoms with Gasteiger partial charge >= 0.3 is 0 Å². The molecule has 0 atom stereocenters. The molecule has 0 saturated carbocycles. The minimum absolute atomic E-state index is 0.368. The summed E-state index contributed by atoms with van der Waals surface area (Å²) >= 11 is 20.0. The van der Waals surface area contributed by atoms with E-state index >= 15 is 0 Å². The van der Waals surface area contributed by atoms with Crippen LogP contribution in [-0.4, -0.2) is 101 Å². The molecule has 5 aliphatic carbocycles. The van der Waals surface area contributed by atoms with Gasteiger partial charge in [0.25, 0.3) is 5.88 Å². The van der Waals surface area contributed by atoms with Crippen LogP contribution in [0.15, 0.2) is 0 Å². The van der Waals surface area contributed by atoms with Crippen molar-refractivity contribution < 1.29 is 37.9 Å². The van der Waals surface area contributed by atoms with Crippen LogP contribution in [0.25, 0.3) is 0 Å². The molecular weight excluding hydrogens is 1840 g/mol. The van der Waals surface area contributed by atoms with Gasteiger partial charge in [-0.15, -0.1) is 90.7 Å². The lowest BCUT2D eigenvalue weighted by atomic mass is 10.0. The van der Waals surface area contributed by atoms with Crippen LogP contribution in [0.2, 0.25) is 0 Å². The van der Waals surface area contributed by atoms with Crippen LogP contribution in [0.3, 0.4) is 0 Å². The Bertz CT molecular complexity index is 4290. The molecular formula is C100H145N11O8S11. The average Bonchev–Trinajstić information content (AvgIpc) is 1.66. The largest absolute Gasteiger partial charge is 0.483 e. The lowest BCUT2D eigenvalue weighted by Gasteiger charge is -2.11. The van der Waals surface area contributed by atoms with Crippen molar-refractivity contribution in [3.8, 4) is 32.8 Å². The standard InChI is InChI=1S/C11H17NS.2C10H15NS.4C9H13NOS.C9H13NS.2C8H11NO2S.C8H11NS/c1-8(2)11-12-9-6-4-3-5-7-10(9)13-11;2*1-7(2)10-11-8-5-3-4-6-9(8)12-10;1-6(2)9-10-7-5-11-4-3-8(7)12-9;2*1-6(2)9-10-8-7(12-9)4-3-5-11-8;1-6(2)8-10-7-4-3-5-11-9(7)12-8;1-6(2)9-10-7-4-3-5-8(7)11-9;1-5(2)7-9-6-3-10-4-11-8(6)12-7;1-5(2)7-9-6-8(12-7)11-4-3-10-6;1-5(2)8-9-6-3-4-7(6)10-8/h8H,3-7H2,1-2H3;2*7H,3-6H2,1-2H3;4*6H,3-5H2,1-2H3;6H,3-5H2,1-2H3;2*5H,3-4H2,1-2H3;5H,3-4H2,1-2H3. The third kappa shape index (κ3) is 30.1. The average molecular weight is 1980 g/mol. The number of rotatable bonds is 11. The smallest absolute Gasteiger partial charge is 0.269 e. The van der Waals surface area contributed by atoms with Crippen molar-refractivity contribution in [1.82, 2.24) is 54.8 Å². The maximum absolute atomic E-state index is 5.51. The van der Waals surface area contributed by atoms with Crippen LogP contribution in [0.4, 0.5) is 0 Å². The number of fused-ring (bicyclic) bond motifs is 11. The van der Waals surface area contributed by atoms with Crippen molar-refractivity contribution in [3.05, 3.63) is 140 Å². The third-order valence-corrected chi connectivity index (χ3v) is 37.9. The van der Waals surface area contributed by atoms with Crippen LogP contribution in [0.5, 0.6) is 32.8 Å². The summed E-state index contributed by atoms with van der Waals surface area (Å²) in [5, 5.41) is 16.6. The fraction of sp³-hybridized carbons (Fsp3) is 0.670. The zero-order chi connectivity index (χ0) is 92.7. The maximum Gasteiger partial charge on any atom is 0.269 e. The monoisotopic (exact) mass is 1980 g/mol. The molecule has 22 rings (SSSR count). The molecule has 0 amide bonds. The first-order chi connectivity index (χ1) is 62.5. The van der Waals surface area contributed by atoms with Gasteiger partial charge in [0.05, 0.1) is 139 Å². The Hall–Kier alpha value is -5.35. The van der Waals surface area contributed by atoms with E-state index in [1.165, 1.54) is 220 Å². The second-order valence-corrected chi connectivity index (χ2v) is 49.7. The van der Waals surface area contributed by atoms with Crippen LogP contribution in [-0.2, 0) is 113 Å². The molecule has 0 fully saturated rings. The van der Waals surface area contributed by atoms with E-state index in [0.29, 0.717) is 97.6 Å². The summed E-state index contributed by atoms with van der Waals surface area (Å²) in [7, 11) is 0. The topological polar surface area (TPSA) is 216 Å². The Morgan fingerprint density at radius 2 is 0.446 bits per heavy atom. The lowest BCUT2D eigenvalue weighted by molar-refractivity contribution is -0.0153. The predicted molar refractivity (Wildman–Crippen MR) is 548 cm³/mol. The lowest BCUT2D eigenvalue weighted by Crippen LogP contribution is -2.14. The highest BCUT2D eigenvalue weighted by Crippen LogP contribution is 2.43. The van der Waals surface area contributed by atoms with Gasteiger partial charge in [0.1, 0.15) is 23.9 Å². The Balaban J connectivity index is 0.000000129. The van der Waals surface area contributed by atoms with Crippen LogP contribution in [0.1, 0.15) is 428 Å². The maximum atomic E-state index is 5.51. The molecule has 130 heavy (non-hydrogen) atoms. The Kier molecular flexibility index (Phi) is 40.8. The van der Waals surface area contributed by atoms with Gasteiger partial charge in [-0.3, -0.25) is 0 Å². The van der Waals surface area contributed by atoms with Gasteiger partial charge in [-0.05, 0) is 148 Å². The zero-order valence-electron chi connectivity index (χ0n) is 81.6. The minimum Gasteiger partial charge on any atom is -0.483 e. The highest BCUT2D eigenvalue weighted by Gasteiger charge is 2.28. The SMILES string of the molecule is CC(C)c1nc2c(s1)CC2.CC(C)c1nc2c(s1)CCC2.CC(C)c1nc2c(s1)CCCC2.CC(C)c1nc2c(s1)CCCC2.CC(C)c1nc2c(s1)CCCCC2.CC(C)c1nc2c(s1)CCCO2.CC(C)c1nc2c(s1)CCCO2.CC(C)c1nc2c(s1)CCOC2.CC(C)c1nc2c(s1)OCCC2.CC(C)c1nc2c(s1)OCCO2.CC(C)c1nc2c(s1)OCOC2. The normalized spacial score (nSPS) is 16.1. The fourth-order valence-corrected chi connectivity index (χ4v) is 26.4. The van der Waals surface area contributed by atoms with E-state index in [1.807, 2.05) is 90.7 Å². The van der Waals surface area contributed by atoms with E-state index < -0.39 is 0 Å². The van der Waals surface area contributed by atoms with Crippen molar-refractivity contribution in [2.45, 2.75) is 391 Å². The van der Waals surface area contributed by atoms with Gasteiger partial charge in [-0.25, -0.2) is 54.8 Å². The minimum atomic E-state index is 0.368. The van der Waals surface area contributed by atoms with E-state index in [9.17, 15) is 0 Å². The third-order valence-electron chi connectivity index (χ3n) is 22.5. The fourth-order valence-electron chi connectivity index (χ4n) is 14.8. The van der Waals surface area contributed by atoms with E-state index in [4.69, 9.17) is 42.9 Å². The molecule has 0 spiro atoms. The van der Waals surface area contributed by atoms with Gasteiger partial charge in [0.2, 0.25) is 21.9 Å². The summed E-state index contributed by atoms with van der Waals surface area (Å²) in [4.78, 5) is 61.8. The number of aryl methyl sites for hydroxylation is 13. The summed E-state index contributed by atoms with van der Waals surface area (Å²) < 4.78 is 42.9. The van der Waals surface area contributed by atoms with Crippen molar-refractivity contribution in [3.63, 3.8) is 0 Å². The molecule has 19 nitrogen and oxygen atoms in total. The van der Waals surface area contributed by atoms with Crippen LogP contribution in [0, 0.1) is 0 Å². The molecule has 11 aromatic rings. The number of hydrogen-bond donors (Lipinski definition) is 0. The number of aromatic nitrogens is 11. The second-order valence-electron chi connectivity index (χ2n) is 37.8. The summed E-state index contributed by atoms with van der Waals surface area (Å²) in [6, 6.07) is 0. The van der Waals surface area contributed by atoms with E-state index in [0.717, 1.165) is 121 Å². The number of nitrogens with zero attached hydrogens (tertiary/aromatic N) is 11. The Morgan fingerprint density at radius 3 is 0.846 bits per heavy atom. The molecule has 0 N–H and O–H groups in total. The molecule has 11 aromatic heterocycles. The second kappa shape index (κ2) is 51.2. The first-order valence-corrected chi connectivity index (χ1v) is 57.3. The molecule has 0 bridgehead atoms. The quantitative estimate of drug-likeness (QED) is 0.110. The van der Waals surface area contributed by atoms with Gasteiger partial charge in [0, 0.05) is 101 Å². The summed E-state index contributed by atoms with van der Waals surface area (Å²) in [5.41, 5.74) is 10.3. The molecule has 714 valence electrons. The highest BCUT2D eigenvalue weighted by molar-refractivity contribution is 7.15. The van der Waals surface area contributed by atoms with Crippen LogP contribution < -0.4 is 28.4 Å². The number of hydrogen-bond acceptors (Lipinski definition) is 30. The number of ether oxygens (including phenoxy) is 8. The molecule has 11 aliphatic rings. The number of thiazole rings is 11. The summed E-state index contributed by atoms with van der Waals surface area (Å²) in [5.74, 6) is 8.62. The highest BCUT2D eigenvalue weighted by atomic mass is 32.1. The predicted octanol–water partition coefficient (Wildman–Crippen LogP) is 29.2. The van der Waals surface area contributed by atoms with E-state index in [2.05, 4.69) is 202 Å². The van der Waals surface area contributed by atoms with E-state index in [-0.39, 0.29) is 0 Å². The summed E-state index contributed by atoms with van der Waals surface area (Å²) in [6.45, 7) is 54.5. The van der Waals surface area contributed by atoms with Gasteiger partial charge in [-0.2, -0.15) is 0 Å². The molecule has 0 aromatic carbocycles. The molecule has 0 radical (unpaired) electrons. The van der Waals surface area contributed by atoms with E-state index in [1.54, 1.807) is 53.5 Å². The molecule has 0 unspecified atom stereocenters. The first-order valence-electron chi connectivity index (χ1n) is 48.3. The molecule has 17 heterocycles. The van der Waals surface area contributed by atoms with Gasteiger partial charge < -0.3 is 37.9 Å². The van der Waals surface area contributed by atoms with Crippen molar-refractivity contribution in [1.29, 1.82) is 0 Å². The van der Waals surface area contributed by atoms with Gasteiger partial charge in [-0.1, -0.05) is 193 Å². The van der Waals surface area contributed by atoms with Gasteiger partial charge in [0.15, 0.2) is 11.9 Å². The van der Waals surface area contributed by atoms with Crippen molar-refractivity contribution in [2.75, 3.05) is 46.4 Å². The van der Waals surface area contributed by atoms with Crippen molar-refractivity contribution in [2.24, 2.45) is 0 Å². The Morgan fingerprint density at radius 1 is 0.177 bits per heavy atom. The van der Waals surface area contributed by atoms with Crippen molar-refractivity contribution >= 4 is 125 Å². The van der Waals surface area contributed by atoms with Crippen LogP contribution >= 0.6 is 125 Å². The summed E-state index contributed by atoms with van der Waals surface area (Å²) in [6.07, 6.45) is 31.2.